The van der Waals surface area contributed by atoms with E-state index in [1.54, 1.807) is 42.2 Å². The van der Waals surface area contributed by atoms with Crippen LogP contribution in [0.3, 0.4) is 0 Å². The maximum atomic E-state index is 13.1. The Kier molecular flexibility index (Phi) is 5.47. The van der Waals surface area contributed by atoms with Crippen LogP contribution in [0.25, 0.3) is 16.5 Å². The summed E-state index contributed by atoms with van der Waals surface area (Å²) >= 11 is 0. The van der Waals surface area contributed by atoms with Crippen molar-refractivity contribution in [2.45, 2.75) is 13.3 Å². The molecule has 1 aliphatic rings. The van der Waals surface area contributed by atoms with Crippen molar-refractivity contribution in [3.05, 3.63) is 66.0 Å². The van der Waals surface area contributed by atoms with Crippen molar-refractivity contribution in [3.8, 4) is 0 Å². The molecule has 154 valence electrons. The van der Waals surface area contributed by atoms with Gasteiger partial charge in [-0.3, -0.25) is 5.32 Å². The molecular weight excluding hydrogens is 387 g/mol. The first-order valence-corrected chi connectivity index (χ1v) is 9.72. The molecule has 2 aromatic carbocycles. The van der Waals surface area contributed by atoms with E-state index in [0.717, 1.165) is 15.8 Å². The Bertz CT molecular complexity index is 1120. The SMILES string of the molecule is CCOC(=O)n1nc(NC(=O)N2CC=C(c3ccc(F)cc3)CC2)c2ccccc21. The van der Waals surface area contributed by atoms with E-state index in [2.05, 4.69) is 10.4 Å². The van der Waals surface area contributed by atoms with E-state index in [1.165, 1.54) is 12.1 Å². The summed E-state index contributed by atoms with van der Waals surface area (Å²) in [4.78, 5) is 26.6. The predicted molar refractivity (Wildman–Crippen MR) is 112 cm³/mol. The van der Waals surface area contributed by atoms with Gasteiger partial charge >= 0.3 is 12.1 Å². The number of hydrogen-bond acceptors (Lipinski definition) is 4. The Morgan fingerprint density at radius 3 is 2.63 bits per heavy atom. The van der Waals surface area contributed by atoms with Gasteiger partial charge < -0.3 is 9.64 Å². The highest BCUT2D eigenvalue weighted by atomic mass is 19.1. The molecule has 1 aliphatic heterocycles. The molecule has 0 spiro atoms. The minimum Gasteiger partial charge on any atom is -0.448 e. The quantitative estimate of drug-likeness (QED) is 0.692. The molecule has 7 nitrogen and oxygen atoms in total. The van der Waals surface area contributed by atoms with Crippen molar-refractivity contribution in [3.63, 3.8) is 0 Å². The number of fused-ring (bicyclic) bond motifs is 1. The maximum Gasteiger partial charge on any atom is 0.435 e. The van der Waals surface area contributed by atoms with E-state index in [-0.39, 0.29) is 18.5 Å². The monoisotopic (exact) mass is 408 g/mol. The first-order valence-electron chi connectivity index (χ1n) is 9.72. The second kappa shape index (κ2) is 8.36. The van der Waals surface area contributed by atoms with Gasteiger partial charge in [-0.15, -0.1) is 5.10 Å². The fourth-order valence-corrected chi connectivity index (χ4v) is 3.44. The van der Waals surface area contributed by atoms with Gasteiger partial charge in [0.15, 0.2) is 5.82 Å². The number of para-hydroxylation sites is 1. The molecule has 0 fully saturated rings. The average Bonchev–Trinajstić information content (AvgIpc) is 3.13. The van der Waals surface area contributed by atoms with Crippen LogP contribution in [0.1, 0.15) is 18.9 Å². The van der Waals surface area contributed by atoms with Crippen molar-refractivity contribution in [1.29, 1.82) is 0 Å². The van der Waals surface area contributed by atoms with Crippen molar-refractivity contribution < 1.29 is 18.7 Å². The first kappa shape index (κ1) is 19.6. The summed E-state index contributed by atoms with van der Waals surface area (Å²) in [5, 5.41) is 7.70. The van der Waals surface area contributed by atoms with Gasteiger partial charge in [0, 0.05) is 18.5 Å². The van der Waals surface area contributed by atoms with Crippen LogP contribution >= 0.6 is 0 Å². The largest absolute Gasteiger partial charge is 0.448 e. The molecule has 3 aromatic rings. The highest BCUT2D eigenvalue weighted by Gasteiger charge is 2.22. The van der Waals surface area contributed by atoms with E-state index < -0.39 is 6.09 Å². The molecule has 2 heterocycles. The van der Waals surface area contributed by atoms with E-state index in [4.69, 9.17) is 4.74 Å². The molecule has 0 unspecified atom stereocenters. The summed E-state index contributed by atoms with van der Waals surface area (Å²) in [6.45, 7) is 2.89. The molecular formula is C22H21FN4O3. The Labute approximate surface area is 172 Å². The Morgan fingerprint density at radius 1 is 1.17 bits per heavy atom. The highest BCUT2D eigenvalue weighted by Crippen LogP contribution is 2.25. The Balaban J connectivity index is 1.50. The van der Waals surface area contributed by atoms with Gasteiger partial charge in [-0.25, -0.2) is 14.0 Å². The number of halogens is 1. The lowest BCUT2D eigenvalue weighted by Gasteiger charge is -2.26. The maximum absolute atomic E-state index is 13.1. The minimum absolute atomic E-state index is 0.227. The second-order valence-electron chi connectivity index (χ2n) is 6.84. The number of aromatic nitrogens is 2. The van der Waals surface area contributed by atoms with Crippen LogP contribution in [0.4, 0.5) is 19.8 Å². The van der Waals surface area contributed by atoms with Crippen LogP contribution in [0.15, 0.2) is 54.6 Å². The van der Waals surface area contributed by atoms with Crippen LogP contribution in [0.2, 0.25) is 0 Å². The van der Waals surface area contributed by atoms with Gasteiger partial charge in [-0.05, 0) is 48.7 Å². The van der Waals surface area contributed by atoms with E-state index in [1.807, 2.05) is 12.1 Å². The molecule has 0 saturated carbocycles. The zero-order valence-electron chi connectivity index (χ0n) is 16.5. The second-order valence-corrected chi connectivity index (χ2v) is 6.84. The highest BCUT2D eigenvalue weighted by molar-refractivity contribution is 6.01. The smallest absolute Gasteiger partial charge is 0.435 e. The minimum atomic E-state index is -0.598. The summed E-state index contributed by atoms with van der Waals surface area (Å²) in [7, 11) is 0. The number of carbonyl (C=O) groups is 2. The van der Waals surface area contributed by atoms with Gasteiger partial charge in [0.2, 0.25) is 0 Å². The fourth-order valence-electron chi connectivity index (χ4n) is 3.44. The van der Waals surface area contributed by atoms with E-state index in [9.17, 15) is 14.0 Å². The summed E-state index contributed by atoms with van der Waals surface area (Å²) in [6, 6.07) is 13.2. The normalized spacial score (nSPS) is 13.8. The molecule has 0 aliphatic carbocycles. The van der Waals surface area contributed by atoms with Crippen molar-refractivity contribution >= 4 is 34.4 Å². The molecule has 1 aromatic heterocycles. The molecule has 8 heteroatoms. The number of rotatable bonds is 3. The Morgan fingerprint density at radius 2 is 1.93 bits per heavy atom. The number of ether oxygens (including phenoxy) is 1. The summed E-state index contributed by atoms with van der Waals surface area (Å²) in [6.07, 6.45) is 2.03. The molecule has 30 heavy (non-hydrogen) atoms. The lowest BCUT2D eigenvalue weighted by Crippen LogP contribution is -2.38. The van der Waals surface area contributed by atoms with Crippen LogP contribution in [-0.4, -0.2) is 46.5 Å². The summed E-state index contributed by atoms with van der Waals surface area (Å²) < 4.78 is 19.3. The van der Waals surface area contributed by atoms with Crippen LogP contribution in [0, 0.1) is 5.82 Å². The van der Waals surface area contributed by atoms with Gasteiger partial charge in [-0.1, -0.05) is 30.3 Å². The summed E-state index contributed by atoms with van der Waals surface area (Å²) in [5.41, 5.74) is 2.59. The average molecular weight is 408 g/mol. The fraction of sp³-hybridized carbons (Fsp3) is 0.227. The molecule has 0 bridgehead atoms. The number of anilines is 1. The number of amides is 2. The van der Waals surface area contributed by atoms with E-state index >= 15 is 0 Å². The number of nitrogens with zero attached hydrogens (tertiary/aromatic N) is 3. The van der Waals surface area contributed by atoms with Crippen LogP contribution < -0.4 is 5.32 Å². The lowest BCUT2D eigenvalue weighted by atomic mass is 10.00. The van der Waals surface area contributed by atoms with Crippen molar-refractivity contribution in [2.75, 3.05) is 25.0 Å². The zero-order valence-corrected chi connectivity index (χ0v) is 16.5. The standard InChI is InChI=1S/C22H21FN4O3/c1-2-30-22(29)27-19-6-4-3-5-18(19)20(25-27)24-21(28)26-13-11-16(12-14-26)15-7-9-17(23)10-8-15/h3-11H,2,12-14H2,1H3,(H,24,25,28). The Hall–Kier alpha value is -3.68. The number of carbonyl (C=O) groups excluding carboxylic acids is 2. The topological polar surface area (TPSA) is 76.5 Å². The first-order chi connectivity index (χ1) is 14.6. The molecule has 4 rings (SSSR count). The number of urea groups is 1. The third-order valence-corrected chi connectivity index (χ3v) is 4.96. The molecule has 1 N–H and O–H groups in total. The van der Waals surface area contributed by atoms with Crippen molar-refractivity contribution in [2.24, 2.45) is 0 Å². The van der Waals surface area contributed by atoms with Crippen LogP contribution in [0.5, 0.6) is 0 Å². The third-order valence-electron chi connectivity index (χ3n) is 4.96. The number of hydrogen-bond donors (Lipinski definition) is 1. The van der Waals surface area contributed by atoms with Crippen molar-refractivity contribution in [1.82, 2.24) is 14.7 Å². The number of benzene rings is 2. The molecule has 0 atom stereocenters. The predicted octanol–water partition coefficient (Wildman–Crippen LogP) is 4.50. The van der Waals surface area contributed by atoms with Gasteiger partial charge in [0.05, 0.1) is 12.1 Å². The zero-order chi connectivity index (χ0) is 21.1. The van der Waals surface area contributed by atoms with Crippen LogP contribution in [-0.2, 0) is 4.74 Å². The third kappa shape index (κ3) is 3.89. The molecule has 2 amide bonds. The number of nitrogens with one attached hydrogen (secondary N) is 1. The summed E-state index contributed by atoms with van der Waals surface area (Å²) in [5.74, 6) is 0.0302. The van der Waals surface area contributed by atoms with Gasteiger partial charge in [-0.2, -0.15) is 4.68 Å². The van der Waals surface area contributed by atoms with Gasteiger partial charge in [0.25, 0.3) is 0 Å². The molecule has 0 radical (unpaired) electrons. The van der Waals surface area contributed by atoms with Gasteiger partial charge in [0.1, 0.15) is 5.82 Å². The van der Waals surface area contributed by atoms with E-state index in [0.29, 0.717) is 36.2 Å². The lowest BCUT2D eigenvalue weighted by molar-refractivity contribution is 0.151. The molecule has 0 saturated heterocycles.